The van der Waals surface area contributed by atoms with E-state index in [2.05, 4.69) is 34.9 Å². The molecule has 2 aliphatic carbocycles. The molecule has 3 unspecified atom stereocenters. The summed E-state index contributed by atoms with van der Waals surface area (Å²) in [6.45, 7) is 2.13. The SMILES string of the molecule is CC(CCCC(=O)O)NC(=O)C1CCCCC1NC(=O)OCC1c2ccccc2-c2ccccc21. The van der Waals surface area contributed by atoms with Crippen molar-refractivity contribution in [1.82, 2.24) is 10.6 Å². The fourth-order valence-electron chi connectivity index (χ4n) is 5.39. The zero-order valence-electron chi connectivity index (χ0n) is 20.2. The molecule has 0 aliphatic heterocycles. The van der Waals surface area contributed by atoms with Gasteiger partial charge in [-0.1, -0.05) is 61.4 Å². The van der Waals surface area contributed by atoms with Gasteiger partial charge in [-0.25, -0.2) is 4.79 Å². The second-order valence-corrected chi connectivity index (χ2v) is 9.66. The van der Waals surface area contributed by atoms with Crippen LogP contribution >= 0.6 is 0 Å². The summed E-state index contributed by atoms with van der Waals surface area (Å²) in [7, 11) is 0. The fraction of sp³-hybridized carbons (Fsp3) is 0.464. The van der Waals surface area contributed by atoms with Gasteiger partial charge in [-0.2, -0.15) is 0 Å². The smallest absolute Gasteiger partial charge is 0.407 e. The van der Waals surface area contributed by atoms with Gasteiger partial charge in [0.15, 0.2) is 0 Å². The Morgan fingerprint density at radius 2 is 1.63 bits per heavy atom. The van der Waals surface area contributed by atoms with Crippen LogP contribution in [0, 0.1) is 5.92 Å². The third-order valence-electron chi connectivity index (χ3n) is 7.17. The maximum atomic E-state index is 12.9. The summed E-state index contributed by atoms with van der Waals surface area (Å²) in [4.78, 5) is 36.4. The molecule has 0 spiro atoms. The van der Waals surface area contributed by atoms with Gasteiger partial charge >= 0.3 is 12.1 Å². The van der Waals surface area contributed by atoms with Crippen molar-refractivity contribution in [3.8, 4) is 11.1 Å². The molecule has 35 heavy (non-hydrogen) atoms. The number of carboxylic acids is 1. The minimum atomic E-state index is -0.830. The van der Waals surface area contributed by atoms with Crippen LogP contribution in [0.25, 0.3) is 11.1 Å². The molecule has 2 aromatic rings. The van der Waals surface area contributed by atoms with E-state index in [1.807, 2.05) is 31.2 Å². The van der Waals surface area contributed by atoms with Crippen LogP contribution < -0.4 is 10.6 Å². The number of carbonyl (C=O) groups excluding carboxylic acids is 2. The number of aliphatic carboxylic acids is 1. The van der Waals surface area contributed by atoms with Gasteiger partial charge in [0.05, 0.1) is 5.92 Å². The number of carboxylic acid groups (broad SMARTS) is 1. The summed E-state index contributed by atoms with van der Waals surface area (Å²) in [6, 6.07) is 16.0. The van der Waals surface area contributed by atoms with E-state index in [0.29, 0.717) is 19.3 Å². The summed E-state index contributed by atoms with van der Waals surface area (Å²) in [6.07, 6.45) is 4.05. The number of fused-ring (bicyclic) bond motifs is 3. The number of carbonyl (C=O) groups is 3. The zero-order chi connectivity index (χ0) is 24.8. The molecule has 4 rings (SSSR count). The maximum Gasteiger partial charge on any atom is 0.407 e. The molecule has 2 amide bonds. The van der Waals surface area contributed by atoms with Crippen molar-refractivity contribution >= 4 is 18.0 Å². The van der Waals surface area contributed by atoms with Gasteiger partial charge in [-0.15, -0.1) is 0 Å². The van der Waals surface area contributed by atoms with Crippen LogP contribution in [-0.2, 0) is 14.3 Å². The Hall–Kier alpha value is -3.35. The van der Waals surface area contributed by atoms with E-state index >= 15 is 0 Å². The minimum absolute atomic E-state index is 0.00902. The first-order valence-electron chi connectivity index (χ1n) is 12.6. The molecule has 3 atom stereocenters. The van der Waals surface area contributed by atoms with Crippen LogP contribution in [0.3, 0.4) is 0 Å². The summed E-state index contributed by atoms with van der Waals surface area (Å²) in [5.41, 5.74) is 4.68. The van der Waals surface area contributed by atoms with E-state index in [4.69, 9.17) is 9.84 Å². The van der Waals surface area contributed by atoms with Crippen LogP contribution in [0.1, 0.15) is 68.9 Å². The van der Waals surface area contributed by atoms with Crippen LogP contribution in [-0.4, -0.2) is 41.8 Å². The molecular weight excluding hydrogens is 444 g/mol. The number of rotatable bonds is 9. The number of nitrogens with one attached hydrogen (secondary N) is 2. The molecule has 2 aliphatic rings. The van der Waals surface area contributed by atoms with Crippen LogP contribution in [0.4, 0.5) is 4.79 Å². The third-order valence-corrected chi connectivity index (χ3v) is 7.17. The number of benzene rings is 2. The maximum absolute atomic E-state index is 12.9. The molecule has 7 nitrogen and oxygen atoms in total. The van der Waals surface area contributed by atoms with Gasteiger partial charge in [0.25, 0.3) is 0 Å². The highest BCUT2D eigenvalue weighted by Gasteiger charge is 2.34. The monoisotopic (exact) mass is 478 g/mol. The van der Waals surface area contributed by atoms with Crippen molar-refractivity contribution in [3.05, 3.63) is 59.7 Å². The van der Waals surface area contributed by atoms with Gasteiger partial charge in [0, 0.05) is 24.4 Å². The Bertz CT molecular complexity index is 1020. The number of hydrogen-bond acceptors (Lipinski definition) is 4. The number of ether oxygens (including phenoxy) is 1. The first-order chi connectivity index (χ1) is 16.9. The van der Waals surface area contributed by atoms with Crippen molar-refractivity contribution in [2.75, 3.05) is 6.61 Å². The molecule has 1 fully saturated rings. The highest BCUT2D eigenvalue weighted by molar-refractivity contribution is 5.81. The highest BCUT2D eigenvalue weighted by Crippen LogP contribution is 2.44. The molecule has 0 aromatic heterocycles. The molecule has 1 saturated carbocycles. The van der Waals surface area contributed by atoms with Crippen LogP contribution in [0.2, 0.25) is 0 Å². The van der Waals surface area contributed by atoms with E-state index in [1.165, 1.54) is 11.1 Å². The minimum Gasteiger partial charge on any atom is -0.481 e. The lowest BCUT2D eigenvalue weighted by molar-refractivity contribution is -0.137. The Morgan fingerprint density at radius 1 is 1.00 bits per heavy atom. The van der Waals surface area contributed by atoms with E-state index < -0.39 is 12.1 Å². The van der Waals surface area contributed by atoms with E-state index in [-0.39, 0.29) is 42.9 Å². The van der Waals surface area contributed by atoms with Crippen LogP contribution in [0.5, 0.6) is 0 Å². The normalized spacial score (nSPS) is 19.8. The van der Waals surface area contributed by atoms with Crippen molar-refractivity contribution in [2.45, 2.75) is 69.9 Å². The Morgan fingerprint density at radius 3 is 2.29 bits per heavy atom. The summed E-state index contributed by atoms with van der Waals surface area (Å²) in [5.74, 6) is -1.24. The van der Waals surface area contributed by atoms with Crippen LogP contribution in [0.15, 0.2) is 48.5 Å². The van der Waals surface area contributed by atoms with Crippen molar-refractivity contribution in [2.24, 2.45) is 5.92 Å². The van der Waals surface area contributed by atoms with Gasteiger partial charge in [-0.3, -0.25) is 9.59 Å². The molecule has 3 N–H and O–H groups in total. The fourth-order valence-corrected chi connectivity index (χ4v) is 5.39. The first kappa shape index (κ1) is 24.8. The Labute approximate surface area is 206 Å². The number of amides is 2. The molecule has 7 heteroatoms. The second kappa shape index (κ2) is 11.4. The standard InChI is InChI=1S/C28H34N2O5/c1-18(9-8-16-26(31)32)29-27(33)23-14-6-7-15-25(23)30-28(34)35-17-24-21-12-4-2-10-19(21)20-11-3-5-13-22(20)24/h2-5,10-13,18,23-25H,6-9,14-17H2,1H3,(H,29,33)(H,30,34)(H,31,32). The number of alkyl carbamates (subject to hydrolysis) is 1. The van der Waals surface area contributed by atoms with E-state index in [1.54, 1.807) is 0 Å². The summed E-state index contributed by atoms with van der Waals surface area (Å²) in [5, 5.41) is 14.8. The molecule has 0 saturated heterocycles. The zero-order valence-corrected chi connectivity index (χ0v) is 20.2. The van der Waals surface area contributed by atoms with Gasteiger partial charge in [0.1, 0.15) is 6.61 Å². The Balaban J connectivity index is 1.32. The molecule has 0 heterocycles. The van der Waals surface area contributed by atoms with Crippen molar-refractivity contribution in [1.29, 1.82) is 0 Å². The van der Waals surface area contributed by atoms with E-state index in [0.717, 1.165) is 30.4 Å². The predicted molar refractivity (Wildman–Crippen MR) is 133 cm³/mol. The average Bonchev–Trinajstić information content (AvgIpc) is 3.16. The van der Waals surface area contributed by atoms with E-state index in [9.17, 15) is 14.4 Å². The third kappa shape index (κ3) is 6.02. The lowest BCUT2D eigenvalue weighted by Gasteiger charge is -2.32. The molecule has 2 aromatic carbocycles. The Kier molecular flexibility index (Phi) is 8.06. The lowest BCUT2D eigenvalue weighted by atomic mass is 9.83. The first-order valence-corrected chi connectivity index (χ1v) is 12.6. The predicted octanol–water partition coefficient (Wildman–Crippen LogP) is 4.84. The summed E-state index contributed by atoms with van der Waals surface area (Å²) < 4.78 is 5.69. The van der Waals surface area contributed by atoms with Crippen molar-refractivity contribution in [3.63, 3.8) is 0 Å². The van der Waals surface area contributed by atoms with Gasteiger partial charge in [-0.05, 0) is 54.9 Å². The van der Waals surface area contributed by atoms with Crippen molar-refractivity contribution < 1.29 is 24.2 Å². The lowest BCUT2D eigenvalue weighted by Crippen LogP contribution is -2.50. The average molecular weight is 479 g/mol. The number of hydrogen-bond donors (Lipinski definition) is 3. The van der Waals surface area contributed by atoms with Gasteiger partial charge in [0.2, 0.25) is 5.91 Å². The second-order valence-electron chi connectivity index (χ2n) is 9.66. The molecule has 0 bridgehead atoms. The highest BCUT2D eigenvalue weighted by atomic mass is 16.5. The quantitative estimate of drug-likeness (QED) is 0.478. The molecule has 0 radical (unpaired) electrons. The molecular formula is C28H34N2O5. The summed E-state index contributed by atoms with van der Waals surface area (Å²) >= 11 is 0. The topological polar surface area (TPSA) is 105 Å². The largest absolute Gasteiger partial charge is 0.481 e. The van der Waals surface area contributed by atoms with Gasteiger partial charge < -0.3 is 20.5 Å². The molecule has 186 valence electrons.